The first kappa shape index (κ1) is 12.7. The van der Waals surface area contributed by atoms with Crippen LogP contribution in [0.1, 0.15) is 26.8 Å². The molecular formula is C11H16IN3O2. The summed E-state index contributed by atoms with van der Waals surface area (Å²) in [6, 6.07) is 0.332. The van der Waals surface area contributed by atoms with Crippen molar-refractivity contribution in [3.05, 3.63) is 16.2 Å². The van der Waals surface area contributed by atoms with Gasteiger partial charge in [0.15, 0.2) is 0 Å². The molecule has 94 valence electrons. The Kier molecular flexibility index (Phi) is 3.33. The second kappa shape index (κ2) is 4.47. The normalized spacial score (nSPS) is 16.8. The Hall–Kier alpha value is -0.790. The van der Waals surface area contributed by atoms with Gasteiger partial charge in [0.25, 0.3) is 0 Å². The van der Waals surface area contributed by atoms with Crippen LogP contribution in [0.3, 0.4) is 0 Å². The van der Waals surface area contributed by atoms with E-state index in [1.54, 1.807) is 11.2 Å². The predicted molar refractivity (Wildman–Crippen MR) is 71.8 cm³/mol. The molecule has 5 nitrogen and oxygen atoms in total. The van der Waals surface area contributed by atoms with Gasteiger partial charge in [0, 0.05) is 19.3 Å². The molecule has 1 aliphatic rings. The van der Waals surface area contributed by atoms with Gasteiger partial charge < -0.3 is 14.2 Å². The Morgan fingerprint density at radius 1 is 1.53 bits per heavy atom. The fraction of sp³-hybridized carbons (Fsp3) is 0.636. The number of hydrogen-bond donors (Lipinski definition) is 0. The first-order valence-corrected chi connectivity index (χ1v) is 6.60. The van der Waals surface area contributed by atoms with Crippen LogP contribution in [0.15, 0.2) is 12.5 Å². The van der Waals surface area contributed by atoms with Crippen LogP contribution in [0.5, 0.6) is 0 Å². The van der Waals surface area contributed by atoms with Crippen molar-refractivity contribution in [2.24, 2.45) is 0 Å². The summed E-state index contributed by atoms with van der Waals surface area (Å²) in [6.45, 7) is 7.02. The van der Waals surface area contributed by atoms with Crippen molar-refractivity contribution in [1.29, 1.82) is 0 Å². The number of halogens is 1. The number of imidazole rings is 1. The van der Waals surface area contributed by atoms with E-state index in [1.165, 1.54) is 0 Å². The van der Waals surface area contributed by atoms with Crippen LogP contribution in [0, 0.1) is 3.70 Å². The van der Waals surface area contributed by atoms with Crippen LogP contribution in [0.25, 0.3) is 0 Å². The number of nitrogens with zero attached hydrogens (tertiary/aromatic N) is 3. The fourth-order valence-electron chi connectivity index (χ4n) is 1.63. The van der Waals surface area contributed by atoms with Gasteiger partial charge in [0.05, 0.1) is 12.4 Å². The van der Waals surface area contributed by atoms with Gasteiger partial charge in [-0.15, -0.1) is 0 Å². The predicted octanol–water partition coefficient (Wildman–Crippen LogP) is 2.28. The van der Waals surface area contributed by atoms with Crippen molar-refractivity contribution in [2.45, 2.75) is 32.4 Å². The van der Waals surface area contributed by atoms with E-state index < -0.39 is 5.60 Å². The molecule has 0 radical (unpaired) electrons. The highest BCUT2D eigenvalue weighted by atomic mass is 127. The minimum atomic E-state index is -0.424. The third kappa shape index (κ3) is 3.11. The van der Waals surface area contributed by atoms with Gasteiger partial charge in [0.2, 0.25) is 0 Å². The zero-order valence-corrected chi connectivity index (χ0v) is 12.3. The molecule has 0 unspecified atom stereocenters. The molecule has 17 heavy (non-hydrogen) atoms. The first-order valence-electron chi connectivity index (χ1n) is 5.52. The number of ether oxygens (including phenoxy) is 1. The summed E-state index contributed by atoms with van der Waals surface area (Å²) in [5.74, 6) is 0. The molecule has 0 aromatic carbocycles. The van der Waals surface area contributed by atoms with E-state index in [4.69, 9.17) is 4.74 Å². The topological polar surface area (TPSA) is 47.4 Å². The summed E-state index contributed by atoms with van der Waals surface area (Å²) >= 11 is 2.17. The van der Waals surface area contributed by atoms with Crippen molar-refractivity contribution < 1.29 is 9.53 Å². The van der Waals surface area contributed by atoms with E-state index >= 15 is 0 Å². The Morgan fingerprint density at radius 3 is 2.65 bits per heavy atom. The van der Waals surface area contributed by atoms with E-state index in [2.05, 4.69) is 27.6 Å². The summed E-state index contributed by atoms with van der Waals surface area (Å²) in [5, 5.41) is 0. The molecule has 1 aliphatic heterocycles. The lowest BCUT2D eigenvalue weighted by atomic mass is 10.1. The molecule has 0 atom stereocenters. The SMILES string of the molecule is CC(C)(C)OC(=O)N1CC(n2cnc(I)c2)C1. The summed E-state index contributed by atoms with van der Waals surface area (Å²) in [6.07, 6.45) is 3.56. The standard InChI is InChI=1S/C11H16IN3O2/c1-11(2,3)17-10(16)14-4-8(5-14)15-6-9(12)13-7-15/h6-8H,4-5H2,1-3H3. The Bertz CT molecular complexity index is 419. The number of carbonyl (C=O) groups excluding carboxylic acids is 1. The zero-order chi connectivity index (χ0) is 12.6. The lowest BCUT2D eigenvalue weighted by Gasteiger charge is -2.40. The lowest BCUT2D eigenvalue weighted by Crippen LogP contribution is -2.51. The van der Waals surface area contributed by atoms with Crippen LogP contribution < -0.4 is 0 Å². The Morgan fingerprint density at radius 2 is 2.18 bits per heavy atom. The molecule has 1 aromatic rings. The smallest absolute Gasteiger partial charge is 0.410 e. The number of rotatable bonds is 1. The van der Waals surface area contributed by atoms with E-state index in [0.717, 1.165) is 3.70 Å². The van der Waals surface area contributed by atoms with E-state index in [0.29, 0.717) is 19.1 Å². The Balaban J connectivity index is 1.85. The second-order valence-electron chi connectivity index (χ2n) is 5.18. The summed E-state index contributed by atoms with van der Waals surface area (Å²) in [5.41, 5.74) is -0.424. The van der Waals surface area contributed by atoms with Gasteiger partial charge in [-0.1, -0.05) is 0 Å². The highest BCUT2D eigenvalue weighted by Gasteiger charge is 2.34. The average Bonchev–Trinajstić information content (AvgIpc) is 2.45. The maximum atomic E-state index is 11.7. The molecule has 0 N–H and O–H groups in total. The quantitative estimate of drug-likeness (QED) is 0.731. The molecule has 1 aromatic heterocycles. The highest BCUT2D eigenvalue weighted by Crippen LogP contribution is 2.23. The lowest BCUT2D eigenvalue weighted by molar-refractivity contribution is 0.00106. The van der Waals surface area contributed by atoms with Crippen LogP contribution in [-0.4, -0.2) is 39.2 Å². The van der Waals surface area contributed by atoms with Crippen LogP contribution in [-0.2, 0) is 4.74 Å². The minimum absolute atomic E-state index is 0.233. The van der Waals surface area contributed by atoms with Crippen molar-refractivity contribution >= 4 is 28.7 Å². The third-order valence-corrected chi connectivity index (χ3v) is 3.06. The van der Waals surface area contributed by atoms with Gasteiger partial charge in [-0.2, -0.15) is 0 Å². The van der Waals surface area contributed by atoms with Gasteiger partial charge in [-0.05, 0) is 43.4 Å². The third-order valence-electron chi connectivity index (χ3n) is 2.51. The molecule has 0 spiro atoms. The summed E-state index contributed by atoms with van der Waals surface area (Å²) in [7, 11) is 0. The molecule has 0 aliphatic carbocycles. The maximum Gasteiger partial charge on any atom is 0.410 e. The molecule has 2 rings (SSSR count). The van der Waals surface area contributed by atoms with E-state index in [-0.39, 0.29) is 6.09 Å². The molecular weight excluding hydrogens is 333 g/mol. The number of amides is 1. The monoisotopic (exact) mass is 349 g/mol. The first-order chi connectivity index (χ1) is 7.85. The Labute approximate surface area is 114 Å². The van der Waals surface area contributed by atoms with Crippen molar-refractivity contribution in [2.75, 3.05) is 13.1 Å². The number of aromatic nitrogens is 2. The summed E-state index contributed by atoms with van der Waals surface area (Å²) < 4.78 is 8.31. The van der Waals surface area contributed by atoms with Gasteiger partial charge >= 0.3 is 6.09 Å². The molecule has 1 saturated heterocycles. The molecule has 0 bridgehead atoms. The van der Waals surface area contributed by atoms with Crippen LogP contribution in [0.2, 0.25) is 0 Å². The molecule has 2 heterocycles. The molecule has 6 heteroatoms. The van der Waals surface area contributed by atoms with Crippen molar-refractivity contribution in [3.8, 4) is 0 Å². The zero-order valence-electron chi connectivity index (χ0n) is 10.2. The van der Waals surface area contributed by atoms with Crippen LogP contribution >= 0.6 is 22.6 Å². The average molecular weight is 349 g/mol. The second-order valence-corrected chi connectivity index (χ2v) is 6.29. The number of carbonyl (C=O) groups is 1. The maximum absolute atomic E-state index is 11.7. The van der Waals surface area contributed by atoms with Crippen molar-refractivity contribution in [1.82, 2.24) is 14.5 Å². The molecule has 0 saturated carbocycles. The van der Waals surface area contributed by atoms with Gasteiger partial charge in [-0.3, -0.25) is 0 Å². The molecule has 1 fully saturated rings. The van der Waals surface area contributed by atoms with Crippen molar-refractivity contribution in [3.63, 3.8) is 0 Å². The van der Waals surface area contributed by atoms with E-state index in [1.807, 2.05) is 31.5 Å². The van der Waals surface area contributed by atoms with Crippen LogP contribution in [0.4, 0.5) is 4.79 Å². The molecule has 1 amide bonds. The minimum Gasteiger partial charge on any atom is -0.444 e. The highest BCUT2D eigenvalue weighted by molar-refractivity contribution is 14.1. The number of hydrogen-bond acceptors (Lipinski definition) is 3. The largest absolute Gasteiger partial charge is 0.444 e. The van der Waals surface area contributed by atoms with Gasteiger partial charge in [0.1, 0.15) is 9.30 Å². The summed E-state index contributed by atoms with van der Waals surface area (Å²) in [4.78, 5) is 17.6. The number of likely N-dealkylation sites (tertiary alicyclic amines) is 1. The van der Waals surface area contributed by atoms with Gasteiger partial charge in [-0.25, -0.2) is 9.78 Å². The fourth-order valence-corrected chi connectivity index (χ4v) is 2.08. The van der Waals surface area contributed by atoms with E-state index in [9.17, 15) is 4.79 Å².